The smallest absolute Gasteiger partial charge is 0.221 e. The van der Waals surface area contributed by atoms with E-state index in [1.54, 1.807) is 0 Å². The second-order valence-electron chi connectivity index (χ2n) is 6.61. The van der Waals surface area contributed by atoms with Crippen LogP contribution < -0.4 is 14.8 Å². The van der Waals surface area contributed by atoms with Crippen molar-refractivity contribution >= 4 is 5.91 Å². The summed E-state index contributed by atoms with van der Waals surface area (Å²) in [5.74, 6) is 1.30. The molecule has 2 aromatic carbocycles. The molecular weight excluding hydrogens is 340 g/mol. The number of ether oxygens (including phenoxy) is 2. The Hall–Kier alpha value is -3.00. The Labute approximate surface area is 159 Å². The molecule has 1 aliphatic heterocycles. The molecule has 2 aromatic rings. The number of benzene rings is 2. The lowest BCUT2D eigenvalue weighted by Crippen LogP contribution is -2.29. The van der Waals surface area contributed by atoms with Gasteiger partial charge >= 0.3 is 0 Å². The fourth-order valence-corrected chi connectivity index (χ4v) is 3.32. The highest BCUT2D eigenvalue weighted by Gasteiger charge is 2.20. The quantitative estimate of drug-likeness (QED) is 0.802. The van der Waals surface area contributed by atoms with Gasteiger partial charge in [-0.05, 0) is 29.7 Å². The van der Waals surface area contributed by atoms with Crippen LogP contribution in [0.2, 0.25) is 0 Å². The average molecular weight is 364 g/mol. The zero-order chi connectivity index (χ0) is 19.1. The molecule has 0 aliphatic carbocycles. The summed E-state index contributed by atoms with van der Waals surface area (Å²) in [6.45, 7) is 3.12. The summed E-state index contributed by atoms with van der Waals surface area (Å²) in [5, 5.41) is 12.2. The number of nitriles is 1. The molecule has 0 fully saturated rings. The maximum atomic E-state index is 12.7. The van der Waals surface area contributed by atoms with Crippen LogP contribution in [0.15, 0.2) is 48.5 Å². The first-order valence-electron chi connectivity index (χ1n) is 9.32. The summed E-state index contributed by atoms with van der Waals surface area (Å²) >= 11 is 0. The first-order valence-corrected chi connectivity index (χ1v) is 9.32. The molecule has 2 atom stereocenters. The minimum Gasteiger partial charge on any atom is -0.486 e. The van der Waals surface area contributed by atoms with Crippen molar-refractivity contribution in [1.82, 2.24) is 5.32 Å². The largest absolute Gasteiger partial charge is 0.486 e. The zero-order valence-corrected chi connectivity index (χ0v) is 15.5. The lowest BCUT2D eigenvalue weighted by Gasteiger charge is -2.23. The van der Waals surface area contributed by atoms with Crippen LogP contribution in [0.5, 0.6) is 11.5 Å². The van der Waals surface area contributed by atoms with Gasteiger partial charge in [-0.3, -0.25) is 4.79 Å². The van der Waals surface area contributed by atoms with Gasteiger partial charge in [0.1, 0.15) is 13.2 Å². The van der Waals surface area contributed by atoms with Gasteiger partial charge in [0, 0.05) is 18.8 Å². The highest BCUT2D eigenvalue weighted by molar-refractivity contribution is 5.77. The third-order valence-corrected chi connectivity index (χ3v) is 4.75. The number of rotatable bonds is 7. The first kappa shape index (κ1) is 18.8. The summed E-state index contributed by atoms with van der Waals surface area (Å²) in [6.07, 6.45) is 1.37. The molecule has 0 spiro atoms. The lowest BCUT2D eigenvalue weighted by molar-refractivity contribution is -0.122. The number of nitrogens with zero attached hydrogens (tertiary/aromatic N) is 1. The lowest BCUT2D eigenvalue weighted by atomic mass is 9.92. The van der Waals surface area contributed by atoms with Crippen molar-refractivity contribution in [3.05, 3.63) is 59.7 Å². The Morgan fingerprint density at radius 2 is 1.85 bits per heavy atom. The van der Waals surface area contributed by atoms with E-state index in [1.807, 2.05) is 55.5 Å². The fraction of sp³-hybridized carbons (Fsp3) is 0.364. The highest BCUT2D eigenvalue weighted by atomic mass is 16.6. The van der Waals surface area contributed by atoms with Crippen LogP contribution in [0.3, 0.4) is 0 Å². The van der Waals surface area contributed by atoms with Gasteiger partial charge in [-0.25, -0.2) is 0 Å². The van der Waals surface area contributed by atoms with Gasteiger partial charge in [0.25, 0.3) is 0 Å². The second-order valence-corrected chi connectivity index (χ2v) is 6.61. The molecule has 1 heterocycles. The monoisotopic (exact) mass is 364 g/mol. The van der Waals surface area contributed by atoms with E-state index in [9.17, 15) is 4.79 Å². The van der Waals surface area contributed by atoms with E-state index in [4.69, 9.17) is 14.7 Å². The molecule has 0 radical (unpaired) electrons. The first-order chi connectivity index (χ1) is 13.2. The van der Waals surface area contributed by atoms with E-state index in [-0.39, 0.29) is 17.9 Å². The van der Waals surface area contributed by atoms with Gasteiger partial charge in [-0.15, -0.1) is 0 Å². The predicted molar refractivity (Wildman–Crippen MR) is 103 cm³/mol. The Kier molecular flexibility index (Phi) is 6.32. The average Bonchev–Trinajstić information content (AvgIpc) is 2.72. The highest BCUT2D eigenvalue weighted by Crippen LogP contribution is 2.33. The van der Waals surface area contributed by atoms with Crippen molar-refractivity contribution in [2.45, 2.75) is 38.1 Å². The summed E-state index contributed by atoms with van der Waals surface area (Å²) < 4.78 is 11.2. The molecule has 1 N–H and O–H groups in total. The van der Waals surface area contributed by atoms with E-state index in [0.29, 0.717) is 26.1 Å². The predicted octanol–water partition coefficient (Wildman–Crippen LogP) is 4.11. The summed E-state index contributed by atoms with van der Waals surface area (Å²) in [4.78, 5) is 12.7. The molecule has 0 saturated heterocycles. The van der Waals surface area contributed by atoms with Crippen molar-refractivity contribution in [1.29, 1.82) is 5.26 Å². The van der Waals surface area contributed by atoms with Crippen molar-refractivity contribution in [3.63, 3.8) is 0 Å². The van der Waals surface area contributed by atoms with Crippen LogP contribution in [-0.4, -0.2) is 19.1 Å². The zero-order valence-electron chi connectivity index (χ0n) is 15.5. The molecular formula is C22H24N2O3. The van der Waals surface area contributed by atoms with E-state index in [0.717, 1.165) is 29.0 Å². The minimum absolute atomic E-state index is 0.0548. The van der Waals surface area contributed by atoms with Crippen LogP contribution in [0.25, 0.3) is 0 Å². The number of carbonyl (C=O) groups is 1. The second kappa shape index (κ2) is 9.09. The topological polar surface area (TPSA) is 71.4 Å². The van der Waals surface area contributed by atoms with Crippen LogP contribution >= 0.6 is 0 Å². The van der Waals surface area contributed by atoms with Gasteiger partial charge in [-0.1, -0.05) is 43.3 Å². The maximum Gasteiger partial charge on any atom is 0.221 e. The third-order valence-electron chi connectivity index (χ3n) is 4.75. The van der Waals surface area contributed by atoms with E-state index in [2.05, 4.69) is 11.4 Å². The molecule has 0 aromatic heterocycles. The van der Waals surface area contributed by atoms with E-state index >= 15 is 0 Å². The minimum atomic E-state index is -0.105. The van der Waals surface area contributed by atoms with Gasteiger partial charge in [0.2, 0.25) is 5.91 Å². The molecule has 27 heavy (non-hydrogen) atoms. The molecule has 3 rings (SSSR count). The third kappa shape index (κ3) is 4.79. The maximum absolute atomic E-state index is 12.7. The SMILES string of the molecule is CC[C@@H](NC(=O)C[C@@H](CC#N)c1ccccc1)c1ccc2c(c1)OCCO2. The van der Waals surface area contributed by atoms with Crippen LogP contribution in [0.4, 0.5) is 0 Å². The molecule has 1 amide bonds. The van der Waals surface area contributed by atoms with Crippen molar-refractivity contribution in [2.24, 2.45) is 0 Å². The number of hydrogen-bond donors (Lipinski definition) is 1. The normalized spacial score (nSPS) is 14.7. The number of hydrogen-bond acceptors (Lipinski definition) is 4. The number of fused-ring (bicyclic) bond motifs is 1. The molecule has 0 saturated carbocycles. The van der Waals surface area contributed by atoms with Crippen LogP contribution in [-0.2, 0) is 4.79 Å². The van der Waals surface area contributed by atoms with E-state index in [1.165, 1.54) is 0 Å². The van der Waals surface area contributed by atoms with E-state index < -0.39 is 0 Å². The van der Waals surface area contributed by atoms with Gasteiger partial charge in [0.15, 0.2) is 11.5 Å². The number of nitrogens with one attached hydrogen (secondary N) is 1. The molecule has 0 bridgehead atoms. The van der Waals surface area contributed by atoms with Gasteiger partial charge < -0.3 is 14.8 Å². The van der Waals surface area contributed by atoms with Gasteiger partial charge in [-0.2, -0.15) is 5.26 Å². The molecule has 5 nitrogen and oxygen atoms in total. The van der Waals surface area contributed by atoms with Crippen molar-refractivity contribution < 1.29 is 14.3 Å². The molecule has 5 heteroatoms. The van der Waals surface area contributed by atoms with Crippen LogP contribution in [0, 0.1) is 11.3 Å². The van der Waals surface area contributed by atoms with Crippen molar-refractivity contribution in [2.75, 3.05) is 13.2 Å². The van der Waals surface area contributed by atoms with Crippen LogP contribution in [0.1, 0.15) is 49.3 Å². The Morgan fingerprint density at radius 1 is 1.11 bits per heavy atom. The molecule has 1 aliphatic rings. The summed E-state index contributed by atoms with van der Waals surface area (Å²) in [6, 6.07) is 17.6. The Morgan fingerprint density at radius 3 is 2.56 bits per heavy atom. The molecule has 0 unspecified atom stereocenters. The standard InChI is InChI=1S/C22H24N2O3/c1-2-19(18-8-9-20-21(14-18)27-13-12-26-20)24-22(25)15-17(10-11-23)16-6-4-3-5-7-16/h3-9,14,17,19H,2,10,12-13,15H2,1H3,(H,24,25)/t17-,19-/m1/s1. The Balaban J connectivity index is 1.68. The molecule has 140 valence electrons. The number of amides is 1. The van der Waals surface area contributed by atoms with Gasteiger partial charge in [0.05, 0.1) is 12.1 Å². The summed E-state index contributed by atoms with van der Waals surface area (Å²) in [7, 11) is 0. The Bertz CT molecular complexity index is 814. The summed E-state index contributed by atoms with van der Waals surface area (Å²) in [5.41, 5.74) is 2.01. The fourth-order valence-electron chi connectivity index (χ4n) is 3.32. The number of carbonyl (C=O) groups excluding carboxylic acids is 1. The van der Waals surface area contributed by atoms with Crippen molar-refractivity contribution in [3.8, 4) is 17.6 Å².